The van der Waals surface area contributed by atoms with E-state index in [4.69, 9.17) is 4.74 Å². The molecule has 1 amide bonds. The first-order chi connectivity index (χ1) is 16.7. The predicted molar refractivity (Wildman–Crippen MR) is 134 cm³/mol. The van der Waals surface area contributed by atoms with Gasteiger partial charge in [-0.05, 0) is 30.9 Å². The summed E-state index contributed by atoms with van der Waals surface area (Å²) >= 11 is 2.23. The number of hydrogen-bond acceptors (Lipinski definition) is 7. The predicted octanol–water partition coefficient (Wildman–Crippen LogP) is 2.89. The van der Waals surface area contributed by atoms with Crippen molar-refractivity contribution in [2.24, 2.45) is 0 Å². The van der Waals surface area contributed by atoms with Crippen molar-refractivity contribution in [1.29, 1.82) is 0 Å². The van der Waals surface area contributed by atoms with Crippen LogP contribution in [0.1, 0.15) is 24.8 Å². The van der Waals surface area contributed by atoms with Gasteiger partial charge in [0.1, 0.15) is 12.1 Å². The third-order valence-corrected chi connectivity index (χ3v) is 9.84. The molecule has 0 bridgehead atoms. The molecule has 0 N–H and O–H groups in total. The van der Waals surface area contributed by atoms with Gasteiger partial charge in [-0.2, -0.15) is 4.31 Å². The third-order valence-electron chi connectivity index (χ3n) is 6.48. The third kappa shape index (κ3) is 4.78. The molecule has 2 saturated heterocycles. The highest BCUT2D eigenvalue weighted by atomic mass is 127. The van der Waals surface area contributed by atoms with E-state index < -0.39 is 49.5 Å². The summed E-state index contributed by atoms with van der Waals surface area (Å²) in [5, 5.41) is 11.6. The lowest BCUT2D eigenvalue weighted by molar-refractivity contribution is -0.387. The number of ether oxygens (including phenoxy) is 1. The molecule has 0 unspecified atom stereocenters. The van der Waals surface area contributed by atoms with Gasteiger partial charge in [-0.15, -0.1) is 0 Å². The Morgan fingerprint density at radius 1 is 1.17 bits per heavy atom. The number of esters is 1. The van der Waals surface area contributed by atoms with Crippen LogP contribution in [0.3, 0.4) is 0 Å². The average molecular weight is 613 g/mol. The van der Waals surface area contributed by atoms with E-state index >= 15 is 0 Å². The molecule has 0 spiro atoms. The average Bonchev–Trinajstić information content (AvgIpc) is 3.20. The minimum atomic E-state index is -4.47. The lowest BCUT2D eigenvalue weighted by atomic mass is 9.96. The maximum atomic E-state index is 13.9. The number of nitro groups is 1. The van der Waals surface area contributed by atoms with Crippen LogP contribution in [0.25, 0.3) is 0 Å². The molecule has 2 aromatic carbocycles. The lowest BCUT2D eigenvalue weighted by Crippen LogP contribution is -2.54. The van der Waals surface area contributed by atoms with E-state index in [1.807, 2.05) is 0 Å². The van der Waals surface area contributed by atoms with Gasteiger partial charge in [0, 0.05) is 22.6 Å². The van der Waals surface area contributed by atoms with Gasteiger partial charge in [0.15, 0.2) is 4.90 Å². The minimum absolute atomic E-state index is 0.0230. The molecule has 0 aliphatic carbocycles. The van der Waals surface area contributed by atoms with E-state index in [1.165, 1.54) is 30.2 Å². The molecule has 0 radical (unpaired) electrons. The van der Waals surface area contributed by atoms with Crippen LogP contribution in [-0.4, -0.2) is 63.6 Å². The number of nitrogens with zero attached hydrogens (tertiary/aromatic N) is 3. The Balaban J connectivity index is 1.80. The molecule has 10 nitrogen and oxygen atoms in total. The molecule has 2 aromatic rings. The van der Waals surface area contributed by atoms with Gasteiger partial charge >= 0.3 is 5.97 Å². The van der Waals surface area contributed by atoms with Crippen LogP contribution in [0.15, 0.2) is 59.5 Å². The Morgan fingerprint density at radius 2 is 1.83 bits per heavy atom. The first kappa shape index (κ1) is 25.5. The molecule has 2 aliphatic heterocycles. The first-order valence-electron chi connectivity index (χ1n) is 11.0. The number of piperidine rings is 1. The van der Waals surface area contributed by atoms with Crippen molar-refractivity contribution in [2.75, 3.05) is 7.11 Å². The number of methoxy groups -OCH3 is 1. The zero-order valence-electron chi connectivity index (χ0n) is 18.8. The highest BCUT2D eigenvalue weighted by Gasteiger charge is 2.54. The Hall–Kier alpha value is -2.58. The van der Waals surface area contributed by atoms with E-state index in [0.717, 1.165) is 10.4 Å². The van der Waals surface area contributed by atoms with Crippen molar-refractivity contribution in [3.63, 3.8) is 0 Å². The minimum Gasteiger partial charge on any atom is -0.467 e. The Morgan fingerprint density at radius 3 is 2.49 bits per heavy atom. The zero-order chi connectivity index (χ0) is 25.3. The maximum Gasteiger partial charge on any atom is 0.328 e. The number of amides is 1. The van der Waals surface area contributed by atoms with Crippen molar-refractivity contribution in [3.8, 4) is 0 Å². The van der Waals surface area contributed by atoms with Crippen LogP contribution in [0, 0.1) is 10.1 Å². The topological polar surface area (TPSA) is 127 Å². The molecular formula is C23H24IN3O7S. The van der Waals surface area contributed by atoms with Crippen LogP contribution in [0.4, 0.5) is 5.69 Å². The summed E-state index contributed by atoms with van der Waals surface area (Å²) < 4.78 is 33.8. The number of para-hydroxylation sites is 1. The van der Waals surface area contributed by atoms with Crippen LogP contribution in [-0.2, 0) is 30.9 Å². The van der Waals surface area contributed by atoms with Gasteiger partial charge in [-0.1, -0.05) is 65.1 Å². The van der Waals surface area contributed by atoms with Gasteiger partial charge in [0.25, 0.3) is 15.7 Å². The van der Waals surface area contributed by atoms with Crippen molar-refractivity contribution in [1.82, 2.24) is 9.21 Å². The summed E-state index contributed by atoms with van der Waals surface area (Å²) in [5.41, 5.74) is 0.0656. The number of nitro benzene ring substituents is 1. The van der Waals surface area contributed by atoms with E-state index in [-0.39, 0.29) is 22.9 Å². The van der Waals surface area contributed by atoms with Crippen molar-refractivity contribution >= 4 is 50.2 Å². The number of fused-ring (bicyclic) bond motifs is 1. The van der Waals surface area contributed by atoms with E-state index in [1.54, 1.807) is 30.3 Å². The molecule has 4 rings (SSSR count). The van der Waals surface area contributed by atoms with E-state index in [0.29, 0.717) is 18.4 Å². The zero-order valence-corrected chi connectivity index (χ0v) is 21.8. The summed E-state index contributed by atoms with van der Waals surface area (Å²) in [7, 11) is -3.21. The molecule has 12 heteroatoms. The summed E-state index contributed by atoms with van der Waals surface area (Å²) in [6.45, 7) is -0.152. The highest BCUT2D eigenvalue weighted by Crippen LogP contribution is 2.40. The fourth-order valence-electron chi connectivity index (χ4n) is 4.82. The number of benzene rings is 2. The van der Waals surface area contributed by atoms with E-state index in [9.17, 15) is 28.1 Å². The second-order valence-corrected chi connectivity index (χ2v) is 11.9. The maximum absolute atomic E-state index is 13.9. The molecule has 2 aliphatic rings. The SMILES string of the molecule is COC(=O)[C@@H]1CC[C@@H](I)[C@H]2C[C@H](N(Cc3ccccc3)S(=O)(=O)c3ccccc3[N+](=O)[O-])C(=O)N21. The van der Waals surface area contributed by atoms with Crippen LogP contribution in [0.2, 0.25) is 0 Å². The van der Waals surface area contributed by atoms with Crippen molar-refractivity contribution in [3.05, 3.63) is 70.3 Å². The number of rotatable bonds is 7. The number of carbonyl (C=O) groups is 2. The number of halogens is 1. The van der Waals surface area contributed by atoms with Crippen LogP contribution < -0.4 is 0 Å². The van der Waals surface area contributed by atoms with Crippen LogP contribution in [0.5, 0.6) is 0 Å². The normalized spacial score (nSPS) is 24.3. The molecular weight excluding hydrogens is 589 g/mol. The molecule has 2 heterocycles. The largest absolute Gasteiger partial charge is 0.467 e. The fraction of sp³-hybridized carbons (Fsp3) is 0.391. The molecule has 186 valence electrons. The van der Waals surface area contributed by atoms with Crippen molar-refractivity contribution < 1.29 is 27.7 Å². The molecule has 2 fully saturated rings. The molecule has 35 heavy (non-hydrogen) atoms. The number of hydrogen-bond donors (Lipinski definition) is 0. The fourth-order valence-corrected chi connectivity index (χ4v) is 7.56. The molecule has 0 aromatic heterocycles. The standard InChI is InChI=1S/C23H24IN3O7S/c1-34-23(29)18-12-11-16(24)19-13-20(22(28)26(18)19)25(14-15-7-3-2-4-8-15)35(32,33)21-10-6-5-9-17(21)27(30)31/h2-10,16,18-20H,11-14H2,1H3/t16-,18+,19-,20+/m1/s1. The van der Waals surface area contributed by atoms with E-state index in [2.05, 4.69) is 22.6 Å². The summed E-state index contributed by atoms with van der Waals surface area (Å²) in [5.74, 6) is -1.03. The van der Waals surface area contributed by atoms with Gasteiger partial charge in [0.2, 0.25) is 5.91 Å². The first-order valence-corrected chi connectivity index (χ1v) is 13.7. The highest BCUT2D eigenvalue weighted by molar-refractivity contribution is 14.1. The van der Waals surface area contributed by atoms with Crippen LogP contribution >= 0.6 is 22.6 Å². The summed E-state index contributed by atoms with van der Waals surface area (Å²) in [6, 6.07) is 11.6. The Kier molecular flexibility index (Phi) is 7.43. The monoisotopic (exact) mass is 613 g/mol. The molecule has 0 saturated carbocycles. The van der Waals surface area contributed by atoms with Gasteiger partial charge in [0.05, 0.1) is 12.0 Å². The Labute approximate surface area is 216 Å². The molecule has 4 atom stereocenters. The van der Waals surface area contributed by atoms with Gasteiger partial charge in [-0.25, -0.2) is 13.2 Å². The quantitative estimate of drug-likeness (QED) is 0.155. The summed E-state index contributed by atoms with van der Waals surface area (Å²) in [6.07, 6.45) is 1.27. The van der Waals surface area contributed by atoms with Gasteiger partial charge < -0.3 is 9.64 Å². The number of carbonyl (C=O) groups excluding carboxylic acids is 2. The second kappa shape index (κ2) is 10.2. The number of alkyl halides is 1. The van der Waals surface area contributed by atoms with Gasteiger partial charge in [-0.3, -0.25) is 14.9 Å². The number of sulfonamides is 1. The lowest BCUT2D eigenvalue weighted by Gasteiger charge is -2.38. The van der Waals surface area contributed by atoms with Crippen molar-refractivity contribution in [2.45, 2.75) is 52.8 Å². The Bertz CT molecular complexity index is 1240. The second-order valence-electron chi connectivity index (χ2n) is 8.46. The summed E-state index contributed by atoms with van der Waals surface area (Å²) in [4.78, 5) is 38.0. The smallest absolute Gasteiger partial charge is 0.328 e.